The molecular weight excluding hydrogens is 122 g/mol. The van der Waals surface area contributed by atoms with Crippen molar-refractivity contribution in [2.45, 2.75) is 20.3 Å². The van der Waals surface area contributed by atoms with Crippen molar-refractivity contribution >= 4 is 0 Å². The highest BCUT2D eigenvalue weighted by Gasteiger charge is 1.87. The van der Waals surface area contributed by atoms with Gasteiger partial charge in [-0.15, -0.1) is 0 Å². The predicted octanol–water partition coefficient (Wildman–Crippen LogP) is 1.70. The molecule has 54 valence electrons. The SMILES string of the molecule is CC[CH-][n+]1cccc(C)c1. The third-order valence-corrected chi connectivity index (χ3v) is 1.36. The van der Waals surface area contributed by atoms with Crippen LogP contribution in [0.5, 0.6) is 0 Å². The Labute approximate surface area is 62.3 Å². The van der Waals surface area contributed by atoms with Gasteiger partial charge in [0.25, 0.3) is 0 Å². The third-order valence-electron chi connectivity index (χ3n) is 1.36. The first-order chi connectivity index (χ1) is 4.83. The zero-order valence-electron chi connectivity index (χ0n) is 6.54. The molecule has 0 radical (unpaired) electrons. The Morgan fingerprint density at radius 1 is 1.60 bits per heavy atom. The van der Waals surface area contributed by atoms with Gasteiger partial charge in [-0.05, 0) is 18.9 Å². The van der Waals surface area contributed by atoms with Crippen LogP contribution in [0.3, 0.4) is 0 Å². The van der Waals surface area contributed by atoms with Gasteiger partial charge in [-0.1, -0.05) is 19.1 Å². The molecule has 0 fully saturated rings. The van der Waals surface area contributed by atoms with Crippen LogP contribution in [-0.2, 0) is 0 Å². The zero-order chi connectivity index (χ0) is 7.40. The number of hydrogen-bond donors (Lipinski definition) is 0. The average molecular weight is 135 g/mol. The second-order valence-electron chi connectivity index (χ2n) is 2.42. The van der Waals surface area contributed by atoms with Gasteiger partial charge >= 0.3 is 0 Å². The maximum atomic E-state index is 2.15. The van der Waals surface area contributed by atoms with Gasteiger partial charge in [-0.3, -0.25) is 0 Å². The van der Waals surface area contributed by atoms with Crippen LogP contribution in [0, 0.1) is 13.5 Å². The minimum Gasteiger partial charge on any atom is -0.337 e. The molecule has 1 aromatic heterocycles. The van der Waals surface area contributed by atoms with Gasteiger partial charge in [0.05, 0.1) is 12.4 Å². The zero-order valence-corrected chi connectivity index (χ0v) is 6.54. The Balaban J connectivity index is 2.75. The Morgan fingerprint density at radius 2 is 2.40 bits per heavy atom. The van der Waals surface area contributed by atoms with E-state index in [1.54, 1.807) is 0 Å². The summed E-state index contributed by atoms with van der Waals surface area (Å²) in [5.41, 5.74) is 1.30. The maximum absolute atomic E-state index is 2.15. The number of pyridine rings is 1. The first-order valence-electron chi connectivity index (χ1n) is 3.63. The van der Waals surface area contributed by atoms with Crippen molar-refractivity contribution in [3.63, 3.8) is 0 Å². The van der Waals surface area contributed by atoms with E-state index in [1.807, 2.05) is 0 Å². The molecule has 1 heterocycles. The number of hydrogen-bond acceptors (Lipinski definition) is 0. The summed E-state index contributed by atoms with van der Waals surface area (Å²) < 4.78 is 2.09. The van der Waals surface area contributed by atoms with Crippen LogP contribution in [0.4, 0.5) is 0 Å². The molecule has 1 rings (SSSR count). The van der Waals surface area contributed by atoms with Gasteiger partial charge in [0.15, 0.2) is 0 Å². The van der Waals surface area contributed by atoms with Gasteiger partial charge in [-0.25, -0.2) is 0 Å². The molecule has 1 aromatic rings. The van der Waals surface area contributed by atoms with E-state index in [2.05, 4.69) is 49.5 Å². The van der Waals surface area contributed by atoms with Crippen LogP contribution in [-0.4, -0.2) is 0 Å². The van der Waals surface area contributed by atoms with E-state index in [4.69, 9.17) is 0 Å². The Hall–Kier alpha value is -0.980. The van der Waals surface area contributed by atoms with Gasteiger partial charge in [0.1, 0.15) is 0 Å². The molecular formula is C9H13N. The lowest BCUT2D eigenvalue weighted by molar-refractivity contribution is -0.634. The van der Waals surface area contributed by atoms with E-state index in [0.29, 0.717) is 0 Å². The van der Waals surface area contributed by atoms with Crippen molar-refractivity contribution < 1.29 is 4.57 Å². The summed E-state index contributed by atoms with van der Waals surface area (Å²) in [6.07, 6.45) is 5.24. The van der Waals surface area contributed by atoms with Gasteiger partial charge in [0, 0.05) is 6.54 Å². The van der Waals surface area contributed by atoms with Crippen LogP contribution >= 0.6 is 0 Å². The van der Waals surface area contributed by atoms with Crippen LogP contribution < -0.4 is 4.57 Å². The lowest BCUT2D eigenvalue weighted by Gasteiger charge is -2.01. The molecule has 0 aliphatic rings. The molecule has 0 unspecified atom stereocenters. The van der Waals surface area contributed by atoms with Crippen molar-refractivity contribution in [1.82, 2.24) is 0 Å². The number of nitrogens with zero attached hydrogens (tertiary/aromatic N) is 1. The molecule has 0 spiro atoms. The summed E-state index contributed by atoms with van der Waals surface area (Å²) in [5.74, 6) is 0. The van der Waals surface area contributed by atoms with Crippen molar-refractivity contribution in [2.24, 2.45) is 0 Å². The van der Waals surface area contributed by atoms with E-state index in [1.165, 1.54) is 5.56 Å². The Bertz CT molecular complexity index is 206. The normalized spacial score (nSPS) is 9.40. The first kappa shape index (κ1) is 7.13. The molecule has 0 aromatic carbocycles. The summed E-state index contributed by atoms with van der Waals surface area (Å²) in [5, 5.41) is 0. The van der Waals surface area contributed by atoms with Crippen LogP contribution in [0.15, 0.2) is 24.5 Å². The monoisotopic (exact) mass is 135 g/mol. The quantitative estimate of drug-likeness (QED) is 0.429. The van der Waals surface area contributed by atoms with Crippen molar-refractivity contribution in [3.8, 4) is 0 Å². The largest absolute Gasteiger partial charge is 0.337 e. The standard InChI is InChI=1S/C9H13N/c1-3-6-10-7-4-5-9(2)8-10/h4-8H,3H2,1-2H3. The van der Waals surface area contributed by atoms with E-state index in [-0.39, 0.29) is 0 Å². The molecule has 0 aliphatic carbocycles. The highest BCUT2D eigenvalue weighted by Crippen LogP contribution is 1.90. The second-order valence-corrected chi connectivity index (χ2v) is 2.42. The molecule has 1 heteroatoms. The highest BCUT2D eigenvalue weighted by atomic mass is 14.9. The van der Waals surface area contributed by atoms with E-state index in [0.717, 1.165) is 6.42 Å². The summed E-state index contributed by atoms with van der Waals surface area (Å²) in [4.78, 5) is 0. The number of aryl methyl sites for hydroxylation is 1. The molecule has 0 amide bonds. The molecule has 10 heavy (non-hydrogen) atoms. The molecule has 0 N–H and O–H groups in total. The van der Waals surface area contributed by atoms with Gasteiger partial charge in [0.2, 0.25) is 0 Å². The number of rotatable bonds is 2. The van der Waals surface area contributed by atoms with E-state index < -0.39 is 0 Å². The summed E-state index contributed by atoms with van der Waals surface area (Å²) in [6, 6.07) is 4.15. The molecule has 0 saturated carbocycles. The Kier molecular flexibility index (Phi) is 2.32. The minimum atomic E-state index is 1.08. The minimum absolute atomic E-state index is 1.08. The van der Waals surface area contributed by atoms with Crippen molar-refractivity contribution in [2.75, 3.05) is 0 Å². The lowest BCUT2D eigenvalue weighted by Crippen LogP contribution is -2.30. The molecule has 0 saturated heterocycles. The first-order valence-corrected chi connectivity index (χ1v) is 3.63. The van der Waals surface area contributed by atoms with Crippen LogP contribution in [0.2, 0.25) is 0 Å². The maximum Gasteiger partial charge on any atom is 0.0721 e. The van der Waals surface area contributed by atoms with Crippen LogP contribution in [0.25, 0.3) is 0 Å². The predicted molar refractivity (Wildman–Crippen MR) is 41.4 cm³/mol. The molecule has 1 nitrogen and oxygen atoms in total. The number of aromatic nitrogens is 1. The lowest BCUT2D eigenvalue weighted by atomic mass is 10.3. The topological polar surface area (TPSA) is 3.88 Å². The van der Waals surface area contributed by atoms with Crippen molar-refractivity contribution in [3.05, 3.63) is 36.6 Å². The Morgan fingerprint density at radius 3 is 3.00 bits per heavy atom. The fraction of sp³-hybridized carbons (Fsp3) is 0.333. The molecule has 0 bridgehead atoms. The molecule has 0 aliphatic heterocycles. The smallest absolute Gasteiger partial charge is 0.0721 e. The van der Waals surface area contributed by atoms with Gasteiger partial charge in [-0.2, -0.15) is 0 Å². The summed E-state index contributed by atoms with van der Waals surface area (Å²) in [6.45, 7) is 6.38. The fourth-order valence-corrected chi connectivity index (χ4v) is 0.940. The molecule has 0 atom stereocenters. The summed E-state index contributed by atoms with van der Waals surface area (Å²) >= 11 is 0. The highest BCUT2D eigenvalue weighted by molar-refractivity contribution is 5.01. The van der Waals surface area contributed by atoms with Crippen LogP contribution in [0.1, 0.15) is 18.9 Å². The summed E-state index contributed by atoms with van der Waals surface area (Å²) in [7, 11) is 0. The van der Waals surface area contributed by atoms with Crippen molar-refractivity contribution in [1.29, 1.82) is 0 Å². The third kappa shape index (κ3) is 1.76. The second kappa shape index (κ2) is 3.25. The van der Waals surface area contributed by atoms with E-state index in [9.17, 15) is 0 Å². The fourth-order valence-electron chi connectivity index (χ4n) is 0.940. The van der Waals surface area contributed by atoms with E-state index >= 15 is 0 Å². The average Bonchev–Trinajstić information content (AvgIpc) is 1.88. The van der Waals surface area contributed by atoms with Gasteiger partial charge < -0.3 is 4.57 Å².